The number of nitrogens with zero attached hydrogens (tertiary/aromatic N) is 4. The van der Waals surface area contributed by atoms with Gasteiger partial charge < -0.3 is 19.9 Å². The Morgan fingerprint density at radius 1 is 1.18 bits per heavy atom. The number of aliphatic imine (C=N–C) groups is 1. The molecule has 1 aromatic carbocycles. The molecule has 2 aromatic rings. The zero-order valence-corrected chi connectivity index (χ0v) is 20.7. The van der Waals surface area contributed by atoms with Crippen LogP contribution in [-0.2, 0) is 0 Å². The van der Waals surface area contributed by atoms with E-state index >= 15 is 0 Å². The molecule has 1 saturated heterocycles. The molecule has 0 bridgehead atoms. The molecule has 0 radical (unpaired) electrons. The fourth-order valence-electron chi connectivity index (χ4n) is 3.60. The van der Waals surface area contributed by atoms with Crippen LogP contribution in [0.3, 0.4) is 0 Å². The van der Waals surface area contributed by atoms with Crippen molar-refractivity contribution in [1.29, 1.82) is 0 Å². The number of anilines is 2. The number of likely N-dealkylation sites (N-methyl/N-ethyl adjacent to an activating group) is 1. The van der Waals surface area contributed by atoms with Crippen LogP contribution in [0.15, 0.2) is 71.1 Å². The summed E-state index contributed by atoms with van der Waals surface area (Å²) in [7, 11) is 5.59. The highest BCUT2D eigenvalue weighted by Gasteiger charge is 2.16. The lowest BCUT2D eigenvalue weighted by Crippen LogP contribution is -2.44. The zero-order valence-electron chi connectivity index (χ0n) is 20.7. The number of benzene rings is 1. The van der Waals surface area contributed by atoms with Gasteiger partial charge in [0, 0.05) is 64.4 Å². The molecule has 34 heavy (non-hydrogen) atoms. The van der Waals surface area contributed by atoms with Gasteiger partial charge in [-0.05, 0) is 74.0 Å². The molecule has 1 N–H and O–H groups in total. The SMILES string of the molecule is C\C=C(/C=C(Oc1ccc(NC)cc1F)\C(C)=C\C=N/C)c1ccc(N2CCN(C)CC2)nc1. The van der Waals surface area contributed by atoms with E-state index in [4.69, 9.17) is 9.72 Å². The van der Waals surface area contributed by atoms with Gasteiger partial charge in [-0.15, -0.1) is 0 Å². The molecule has 1 aliphatic heterocycles. The van der Waals surface area contributed by atoms with Crippen molar-refractivity contribution in [3.8, 4) is 5.75 Å². The maximum Gasteiger partial charge on any atom is 0.167 e. The minimum atomic E-state index is -0.435. The van der Waals surface area contributed by atoms with Gasteiger partial charge in [-0.1, -0.05) is 6.08 Å². The van der Waals surface area contributed by atoms with Gasteiger partial charge >= 0.3 is 0 Å². The summed E-state index contributed by atoms with van der Waals surface area (Å²) in [6, 6.07) is 8.94. The summed E-state index contributed by atoms with van der Waals surface area (Å²) in [5.41, 5.74) is 3.40. The lowest BCUT2D eigenvalue weighted by molar-refractivity contribution is 0.312. The minimum Gasteiger partial charge on any atom is -0.454 e. The monoisotopic (exact) mass is 463 g/mol. The van der Waals surface area contributed by atoms with Crippen LogP contribution >= 0.6 is 0 Å². The van der Waals surface area contributed by atoms with Crippen molar-refractivity contribution in [2.45, 2.75) is 13.8 Å². The molecule has 0 atom stereocenters. The van der Waals surface area contributed by atoms with Crippen LogP contribution in [0.2, 0.25) is 0 Å². The van der Waals surface area contributed by atoms with E-state index in [2.05, 4.69) is 39.3 Å². The number of hydrogen-bond acceptors (Lipinski definition) is 6. The van der Waals surface area contributed by atoms with Crippen LogP contribution < -0.4 is 15.0 Å². The van der Waals surface area contributed by atoms with Crippen molar-refractivity contribution < 1.29 is 9.13 Å². The van der Waals surface area contributed by atoms with Gasteiger partial charge in [-0.3, -0.25) is 4.99 Å². The first kappa shape index (κ1) is 25.2. The van der Waals surface area contributed by atoms with E-state index in [-0.39, 0.29) is 5.75 Å². The third-order valence-electron chi connectivity index (χ3n) is 5.81. The quantitative estimate of drug-likeness (QED) is 0.338. The first-order valence-electron chi connectivity index (χ1n) is 11.5. The molecule has 1 aliphatic rings. The predicted molar refractivity (Wildman–Crippen MR) is 140 cm³/mol. The van der Waals surface area contributed by atoms with Crippen molar-refractivity contribution in [2.24, 2.45) is 4.99 Å². The number of rotatable bonds is 8. The van der Waals surface area contributed by atoms with Gasteiger partial charge in [0.25, 0.3) is 0 Å². The van der Waals surface area contributed by atoms with E-state index in [1.165, 1.54) is 6.07 Å². The van der Waals surface area contributed by atoms with E-state index in [0.717, 1.165) is 48.7 Å². The third-order valence-corrected chi connectivity index (χ3v) is 5.81. The molecule has 180 valence electrons. The van der Waals surface area contributed by atoms with Crippen LogP contribution in [0.1, 0.15) is 19.4 Å². The zero-order chi connectivity index (χ0) is 24.5. The minimum absolute atomic E-state index is 0.158. The molecule has 0 aliphatic carbocycles. The lowest BCUT2D eigenvalue weighted by Gasteiger charge is -2.33. The Morgan fingerprint density at radius 2 is 1.94 bits per heavy atom. The first-order chi connectivity index (χ1) is 16.4. The van der Waals surface area contributed by atoms with E-state index in [0.29, 0.717) is 11.4 Å². The topological polar surface area (TPSA) is 53.0 Å². The number of halogens is 1. The average molecular weight is 464 g/mol. The number of piperazine rings is 1. The normalized spacial score (nSPS) is 16.3. The Morgan fingerprint density at radius 3 is 2.53 bits per heavy atom. The number of nitrogens with one attached hydrogen (secondary N) is 1. The van der Waals surface area contributed by atoms with E-state index in [9.17, 15) is 4.39 Å². The van der Waals surface area contributed by atoms with Crippen molar-refractivity contribution in [3.63, 3.8) is 0 Å². The largest absolute Gasteiger partial charge is 0.454 e. The average Bonchev–Trinajstić information content (AvgIpc) is 2.86. The second-order valence-electron chi connectivity index (χ2n) is 8.20. The highest BCUT2D eigenvalue weighted by Crippen LogP contribution is 2.28. The number of aromatic nitrogens is 1. The summed E-state index contributed by atoms with van der Waals surface area (Å²) in [5.74, 6) is 1.24. The fraction of sp³-hybridized carbons (Fsp3) is 0.333. The standard InChI is InChI=1S/C27H34FN5O/c1-6-21(22-7-10-27(31-19-22)33-15-13-32(5)14-16-33)17-26(20(2)11-12-29-3)34-25-9-8-23(30-4)18-24(25)28/h6-12,17-19,30H,13-16H2,1-5H3/b20-11+,21-6+,26-17+,29-12-. The van der Waals surface area contributed by atoms with Crippen molar-refractivity contribution in [1.82, 2.24) is 9.88 Å². The van der Waals surface area contributed by atoms with E-state index in [1.54, 1.807) is 32.4 Å². The van der Waals surface area contributed by atoms with Gasteiger partial charge in [0.1, 0.15) is 11.6 Å². The summed E-state index contributed by atoms with van der Waals surface area (Å²) >= 11 is 0. The third kappa shape index (κ3) is 6.54. The molecule has 2 heterocycles. The Kier molecular flexibility index (Phi) is 8.99. The highest BCUT2D eigenvalue weighted by atomic mass is 19.1. The first-order valence-corrected chi connectivity index (χ1v) is 11.5. The van der Waals surface area contributed by atoms with Crippen molar-refractivity contribution in [3.05, 3.63) is 77.5 Å². The molecule has 0 amide bonds. The molecule has 0 saturated carbocycles. The Labute approximate surface area is 202 Å². The molecule has 6 nitrogen and oxygen atoms in total. The van der Waals surface area contributed by atoms with Crippen LogP contribution in [0.4, 0.5) is 15.9 Å². The van der Waals surface area contributed by atoms with Gasteiger partial charge in [-0.25, -0.2) is 9.37 Å². The van der Waals surface area contributed by atoms with Crippen LogP contribution in [-0.4, -0.2) is 63.4 Å². The van der Waals surface area contributed by atoms with Crippen molar-refractivity contribution in [2.75, 3.05) is 57.5 Å². The maximum atomic E-state index is 14.6. The molecule has 7 heteroatoms. The smallest absolute Gasteiger partial charge is 0.167 e. The molecule has 1 fully saturated rings. The van der Waals surface area contributed by atoms with Gasteiger partial charge in [0.05, 0.1) is 0 Å². The number of hydrogen-bond donors (Lipinski definition) is 1. The Bertz CT molecular complexity index is 1080. The van der Waals surface area contributed by atoms with E-state index < -0.39 is 5.82 Å². The van der Waals surface area contributed by atoms with Gasteiger partial charge in [-0.2, -0.15) is 0 Å². The summed E-state index contributed by atoms with van der Waals surface area (Å²) in [4.78, 5) is 13.4. The van der Waals surface area contributed by atoms with Gasteiger partial charge in [0.2, 0.25) is 0 Å². The number of allylic oxidation sites excluding steroid dienone is 5. The second kappa shape index (κ2) is 12.1. The summed E-state index contributed by atoms with van der Waals surface area (Å²) in [5, 5.41) is 2.93. The summed E-state index contributed by atoms with van der Waals surface area (Å²) in [6.45, 7) is 7.88. The fourth-order valence-corrected chi connectivity index (χ4v) is 3.60. The molecule has 0 spiro atoms. The van der Waals surface area contributed by atoms with Crippen molar-refractivity contribution >= 4 is 23.3 Å². The predicted octanol–water partition coefficient (Wildman–Crippen LogP) is 5.03. The van der Waals surface area contributed by atoms with E-state index in [1.807, 2.05) is 38.3 Å². The maximum absolute atomic E-state index is 14.6. The number of ether oxygens (including phenoxy) is 1. The van der Waals surface area contributed by atoms with Crippen LogP contribution in [0, 0.1) is 5.82 Å². The van der Waals surface area contributed by atoms with Gasteiger partial charge in [0.15, 0.2) is 11.6 Å². The molecular formula is C27H34FN5O. The highest BCUT2D eigenvalue weighted by molar-refractivity contribution is 5.77. The molecule has 1 aromatic heterocycles. The second-order valence-corrected chi connectivity index (χ2v) is 8.20. The Hall–Kier alpha value is -3.45. The Balaban J connectivity index is 1.89. The number of pyridine rings is 1. The summed E-state index contributed by atoms with van der Waals surface area (Å²) < 4.78 is 20.7. The lowest BCUT2D eigenvalue weighted by atomic mass is 10.0. The molecule has 0 unspecified atom stereocenters. The molecule has 3 rings (SSSR count). The van der Waals surface area contributed by atoms with Crippen LogP contribution in [0.5, 0.6) is 5.75 Å². The van der Waals surface area contributed by atoms with Crippen LogP contribution in [0.25, 0.3) is 5.57 Å². The molecular weight excluding hydrogens is 429 g/mol. The summed E-state index contributed by atoms with van der Waals surface area (Å²) in [6.07, 6.45) is 9.32.